The fourth-order valence-electron chi connectivity index (χ4n) is 4.34. The van der Waals surface area contributed by atoms with Gasteiger partial charge < -0.3 is 4.90 Å². The molecule has 0 aromatic heterocycles. The van der Waals surface area contributed by atoms with E-state index in [1.54, 1.807) is 5.48 Å². The Morgan fingerprint density at radius 1 is 0.875 bits per heavy atom. The molecule has 32 heavy (non-hydrogen) atoms. The molecular weight excluding hydrogens is 408 g/mol. The summed E-state index contributed by atoms with van der Waals surface area (Å²) in [6.07, 6.45) is 0. The van der Waals surface area contributed by atoms with Crippen LogP contribution in [-0.4, -0.2) is 47.1 Å². The van der Waals surface area contributed by atoms with Crippen LogP contribution in [0.4, 0.5) is 11.4 Å². The molecule has 1 fully saturated rings. The van der Waals surface area contributed by atoms with Crippen LogP contribution >= 0.6 is 0 Å². The average Bonchev–Trinajstić information content (AvgIpc) is 2.85. The van der Waals surface area contributed by atoms with Crippen molar-refractivity contribution in [2.45, 2.75) is 6.04 Å². The van der Waals surface area contributed by atoms with Crippen molar-refractivity contribution < 1.29 is 14.9 Å². The topological polar surface area (TPSA) is 98.9 Å². The number of carbonyl (C=O) groups is 1. The number of nitro benzene ring substituents is 1. The van der Waals surface area contributed by atoms with Gasteiger partial charge in [0.1, 0.15) is 5.69 Å². The summed E-state index contributed by atoms with van der Waals surface area (Å²) < 4.78 is 0. The molecule has 8 nitrogen and oxygen atoms in total. The van der Waals surface area contributed by atoms with Gasteiger partial charge in [-0.2, -0.15) is 0 Å². The summed E-state index contributed by atoms with van der Waals surface area (Å²) in [6.45, 7) is 2.32. The third-order valence-electron chi connectivity index (χ3n) is 5.78. The van der Waals surface area contributed by atoms with Crippen LogP contribution in [0.15, 0.2) is 78.9 Å². The zero-order valence-electron chi connectivity index (χ0n) is 17.4. The van der Waals surface area contributed by atoms with Crippen LogP contribution in [0.2, 0.25) is 0 Å². The maximum absolute atomic E-state index is 12.2. The number of nitrogens with zero attached hydrogens (tertiary/aromatic N) is 3. The van der Waals surface area contributed by atoms with Gasteiger partial charge in [-0.3, -0.25) is 25.0 Å². The van der Waals surface area contributed by atoms with E-state index in [-0.39, 0.29) is 23.0 Å². The number of carbonyl (C=O) groups excluding carboxylic acids is 1. The van der Waals surface area contributed by atoms with Gasteiger partial charge in [0.25, 0.3) is 11.6 Å². The molecule has 0 spiro atoms. The molecule has 0 unspecified atom stereocenters. The van der Waals surface area contributed by atoms with Crippen LogP contribution in [0.25, 0.3) is 0 Å². The quantitative estimate of drug-likeness (QED) is 0.351. The Morgan fingerprint density at radius 2 is 1.44 bits per heavy atom. The molecule has 1 saturated heterocycles. The lowest BCUT2D eigenvalue weighted by molar-refractivity contribution is -0.384. The molecule has 3 aromatic rings. The number of amides is 1. The molecular formula is C24H24N4O4. The molecule has 0 bridgehead atoms. The van der Waals surface area contributed by atoms with E-state index in [4.69, 9.17) is 5.21 Å². The number of hydrogen-bond acceptors (Lipinski definition) is 6. The lowest BCUT2D eigenvalue weighted by atomic mass is 9.96. The van der Waals surface area contributed by atoms with Crippen LogP contribution in [0.5, 0.6) is 0 Å². The minimum Gasteiger partial charge on any atom is -0.363 e. The van der Waals surface area contributed by atoms with Crippen molar-refractivity contribution in [2.75, 3.05) is 31.1 Å². The largest absolute Gasteiger partial charge is 0.363 e. The van der Waals surface area contributed by atoms with E-state index in [2.05, 4.69) is 29.2 Å². The maximum atomic E-state index is 12.2. The third-order valence-corrected chi connectivity index (χ3v) is 5.78. The number of para-hydroxylation sites is 1. The molecule has 0 radical (unpaired) electrons. The van der Waals surface area contributed by atoms with E-state index in [1.807, 2.05) is 41.3 Å². The fraction of sp³-hybridized carbons (Fsp3) is 0.208. The number of anilines is 1. The second-order valence-corrected chi connectivity index (χ2v) is 7.62. The first-order valence-corrected chi connectivity index (χ1v) is 10.4. The highest BCUT2D eigenvalue weighted by molar-refractivity contribution is 6.01. The Hall–Kier alpha value is -3.75. The zero-order valence-corrected chi connectivity index (χ0v) is 17.4. The van der Waals surface area contributed by atoms with Crippen molar-refractivity contribution in [3.8, 4) is 0 Å². The summed E-state index contributed by atoms with van der Waals surface area (Å²) in [4.78, 5) is 27.5. The highest BCUT2D eigenvalue weighted by Gasteiger charge is 2.31. The third kappa shape index (κ3) is 4.32. The summed E-state index contributed by atoms with van der Waals surface area (Å²) >= 11 is 0. The average molecular weight is 432 g/mol. The van der Waals surface area contributed by atoms with Crippen molar-refractivity contribution in [2.24, 2.45) is 0 Å². The molecule has 0 aliphatic carbocycles. The second-order valence-electron chi connectivity index (χ2n) is 7.62. The zero-order chi connectivity index (χ0) is 22.5. The summed E-state index contributed by atoms with van der Waals surface area (Å²) in [6, 6.07) is 24.9. The first-order chi connectivity index (χ1) is 15.6. The minimum atomic E-state index is -0.766. The number of nitro groups is 1. The molecule has 8 heteroatoms. The van der Waals surface area contributed by atoms with Gasteiger partial charge in [-0.25, -0.2) is 5.48 Å². The predicted octanol–water partition coefficient (Wildman–Crippen LogP) is 3.63. The summed E-state index contributed by atoms with van der Waals surface area (Å²) in [5.41, 5.74) is 4.12. The fourth-order valence-corrected chi connectivity index (χ4v) is 4.34. The van der Waals surface area contributed by atoms with E-state index >= 15 is 0 Å². The number of piperazine rings is 1. The standard InChI is InChI=1S/C24H24N4O4/c29-24(25-30)20-12-7-13-21(28(31)32)23(20)27-16-14-26(15-17-27)22(18-8-3-1-4-9-18)19-10-5-2-6-11-19/h1-13,22,30H,14-17H2,(H,25,29). The van der Waals surface area contributed by atoms with Gasteiger partial charge in [0.05, 0.1) is 16.5 Å². The molecule has 164 valence electrons. The van der Waals surface area contributed by atoms with Gasteiger partial charge in [-0.1, -0.05) is 66.7 Å². The molecule has 1 heterocycles. The highest BCUT2D eigenvalue weighted by Crippen LogP contribution is 2.35. The second kappa shape index (κ2) is 9.59. The van der Waals surface area contributed by atoms with E-state index in [0.717, 1.165) is 0 Å². The van der Waals surface area contributed by atoms with Gasteiger partial charge in [-0.15, -0.1) is 0 Å². The Morgan fingerprint density at radius 3 is 1.94 bits per heavy atom. The van der Waals surface area contributed by atoms with Crippen LogP contribution in [-0.2, 0) is 0 Å². The molecule has 1 aliphatic rings. The van der Waals surface area contributed by atoms with Gasteiger partial charge in [0, 0.05) is 32.2 Å². The van der Waals surface area contributed by atoms with Crippen molar-refractivity contribution in [1.29, 1.82) is 0 Å². The molecule has 0 atom stereocenters. The van der Waals surface area contributed by atoms with Gasteiger partial charge in [0.2, 0.25) is 0 Å². The van der Waals surface area contributed by atoms with Crippen molar-refractivity contribution in [3.63, 3.8) is 0 Å². The molecule has 1 aliphatic heterocycles. The Labute approximate surface area is 185 Å². The molecule has 0 saturated carbocycles. The highest BCUT2D eigenvalue weighted by atomic mass is 16.6. The van der Waals surface area contributed by atoms with E-state index in [9.17, 15) is 14.9 Å². The number of hydrogen-bond donors (Lipinski definition) is 2. The van der Waals surface area contributed by atoms with E-state index in [1.165, 1.54) is 29.3 Å². The number of hydroxylamine groups is 1. The number of rotatable bonds is 6. The minimum absolute atomic E-state index is 0.0607. The first-order valence-electron chi connectivity index (χ1n) is 10.4. The predicted molar refractivity (Wildman–Crippen MR) is 121 cm³/mol. The van der Waals surface area contributed by atoms with Crippen LogP contribution < -0.4 is 10.4 Å². The number of nitrogens with one attached hydrogen (secondary N) is 1. The normalized spacial score (nSPS) is 14.4. The van der Waals surface area contributed by atoms with Crippen molar-refractivity contribution >= 4 is 17.3 Å². The SMILES string of the molecule is O=C(NO)c1cccc([N+](=O)[O-])c1N1CCN(C(c2ccccc2)c2ccccc2)CC1. The molecule has 2 N–H and O–H groups in total. The summed E-state index contributed by atoms with van der Waals surface area (Å²) in [5.74, 6) is -0.766. The number of benzene rings is 3. The van der Waals surface area contributed by atoms with Crippen molar-refractivity contribution in [1.82, 2.24) is 10.4 Å². The summed E-state index contributed by atoms with van der Waals surface area (Å²) in [7, 11) is 0. The van der Waals surface area contributed by atoms with E-state index < -0.39 is 10.8 Å². The lowest BCUT2D eigenvalue weighted by Crippen LogP contribution is -2.48. The maximum Gasteiger partial charge on any atom is 0.293 e. The molecule has 3 aromatic carbocycles. The molecule has 4 rings (SSSR count). The smallest absolute Gasteiger partial charge is 0.293 e. The lowest BCUT2D eigenvalue weighted by Gasteiger charge is -2.40. The first kappa shape index (κ1) is 21.5. The summed E-state index contributed by atoms with van der Waals surface area (Å²) in [5, 5.41) is 20.8. The van der Waals surface area contributed by atoms with Crippen molar-refractivity contribution in [3.05, 3.63) is 106 Å². The van der Waals surface area contributed by atoms with Gasteiger partial charge in [-0.05, 0) is 17.2 Å². The Bertz CT molecular complexity index is 1040. The Balaban J connectivity index is 1.63. The van der Waals surface area contributed by atoms with Crippen LogP contribution in [0.3, 0.4) is 0 Å². The molecule has 1 amide bonds. The Kier molecular flexibility index (Phi) is 6.44. The van der Waals surface area contributed by atoms with Crippen LogP contribution in [0.1, 0.15) is 27.5 Å². The monoisotopic (exact) mass is 432 g/mol. The van der Waals surface area contributed by atoms with Gasteiger partial charge in [0.15, 0.2) is 0 Å². The van der Waals surface area contributed by atoms with Gasteiger partial charge >= 0.3 is 0 Å². The van der Waals surface area contributed by atoms with E-state index in [0.29, 0.717) is 26.2 Å². The van der Waals surface area contributed by atoms with Crippen LogP contribution in [0, 0.1) is 10.1 Å².